The van der Waals surface area contributed by atoms with Gasteiger partial charge in [0.1, 0.15) is 0 Å². The average molecular weight is 328 g/mol. The maximum absolute atomic E-state index is 10.9. The number of nitrogens with zero attached hydrogens (tertiary/aromatic N) is 2. The molecule has 0 fully saturated rings. The molecule has 7 heteroatoms. The van der Waals surface area contributed by atoms with Crippen LogP contribution in [-0.4, -0.2) is 16.3 Å². The molecule has 23 heavy (non-hydrogen) atoms. The first-order valence-electron chi connectivity index (χ1n) is 6.88. The van der Waals surface area contributed by atoms with Crippen molar-refractivity contribution in [2.45, 2.75) is 13.8 Å². The van der Waals surface area contributed by atoms with Gasteiger partial charge < -0.3 is 5.32 Å². The summed E-state index contributed by atoms with van der Waals surface area (Å²) in [6.07, 6.45) is 1.37. The van der Waals surface area contributed by atoms with Crippen LogP contribution in [0.1, 0.15) is 16.7 Å². The largest absolute Gasteiger partial charge is 0.331 e. The van der Waals surface area contributed by atoms with E-state index in [-0.39, 0.29) is 5.69 Å². The second kappa shape index (κ2) is 7.46. The van der Waals surface area contributed by atoms with Crippen molar-refractivity contribution < 1.29 is 4.92 Å². The molecule has 0 heterocycles. The Labute approximate surface area is 139 Å². The highest BCUT2D eigenvalue weighted by atomic mass is 32.1. The lowest BCUT2D eigenvalue weighted by Crippen LogP contribution is -2.24. The first-order valence-corrected chi connectivity index (χ1v) is 7.29. The molecule has 0 radical (unpaired) electrons. The molecule has 0 aliphatic heterocycles. The van der Waals surface area contributed by atoms with Crippen molar-refractivity contribution in [2.24, 2.45) is 5.10 Å². The van der Waals surface area contributed by atoms with Crippen molar-refractivity contribution in [1.82, 2.24) is 5.43 Å². The first kappa shape index (κ1) is 16.6. The Balaban J connectivity index is 2.04. The molecule has 0 spiro atoms. The molecule has 0 unspecified atom stereocenters. The Morgan fingerprint density at radius 2 is 1.83 bits per heavy atom. The molecule has 2 aromatic carbocycles. The van der Waals surface area contributed by atoms with Crippen LogP contribution < -0.4 is 10.7 Å². The van der Waals surface area contributed by atoms with Gasteiger partial charge in [-0.15, -0.1) is 0 Å². The number of para-hydroxylation sites is 2. The number of benzene rings is 2. The van der Waals surface area contributed by atoms with Gasteiger partial charge in [-0.05, 0) is 43.3 Å². The van der Waals surface area contributed by atoms with Crippen LogP contribution in [0, 0.1) is 24.0 Å². The molecular weight excluding hydrogens is 312 g/mol. The number of hydrogen-bond donors (Lipinski definition) is 2. The van der Waals surface area contributed by atoms with Gasteiger partial charge in [0.2, 0.25) is 0 Å². The van der Waals surface area contributed by atoms with E-state index < -0.39 is 4.92 Å². The fourth-order valence-corrected chi connectivity index (χ4v) is 2.23. The van der Waals surface area contributed by atoms with E-state index in [9.17, 15) is 10.1 Å². The number of nitrogens with one attached hydrogen (secondary N) is 2. The average Bonchev–Trinajstić information content (AvgIpc) is 2.51. The van der Waals surface area contributed by atoms with Gasteiger partial charge in [-0.3, -0.25) is 15.5 Å². The number of rotatable bonds is 4. The monoisotopic (exact) mass is 328 g/mol. The second-order valence-electron chi connectivity index (χ2n) is 4.91. The molecule has 2 aromatic rings. The van der Waals surface area contributed by atoms with Crippen molar-refractivity contribution in [3.8, 4) is 0 Å². The molecule has 118 valence electrons. The van der Waals surface area contributed by atoms with Crippen LogP contribution in [0.2, 0.25) is 0 Å². The summed E-state index contributed by atoms with van der Waals surface area (Å²) in [5.74, 6) is 0. The zero-order chi connectivity index (χ0) is 16.8. The number of hydrogen-bond acceptors (Lipinski definition) is 4. The summed E-state index contributed by atoms with van der Waals surface area (Å²) in [6, 6.07) is 12.3. The minimum atomic E-state index is -0.450. The van der Waals surface area contributed by atoms with E-state index in [1.165, 1.54) is 12.3 Å². The number of aryl methyl sites for hydroxylation is 2. The molecule has 2 N–H and O–H groups in total. The summed E-state index contributed by atoms with van der Waals surface area (Å²) >= 11 is 5.19. The highest BCUT2D eigenvalue weighted by Gasteiger charge is 2.10. The van der Waals surface area contributed by atoms with Gasteiger partial charge in [0.15, 0.2) is 5.11 Å². The SMILES string of the molecule is Cc1cccc(C)c1NC(=S)N/N=C/c1ccccc1[N+](=O)[O-]. The van der Waals surface area contributed by atoms with E-state index in [0.29, 0.717) is 10.7 Å². The topological polar surface area (TPSA) is 79.6 Å². The highest BCUT2D eigenvalue weighted by Crippen LogP contribution is 2.19. The van der Waals surface area contributed by atoms with Crippen molar-refractivity contribution in [1.29, 1.82) is 0 Å². The lowest BCUT2D eigenvalue weighted by atomic mass is 10.1. The summed E-state index contributed by atoms with van der Waals surface area (Å²) in [4.78, 5) is 10.5. The Morgan fingerprint density at radius 1 is 1.17 bits per heavy atom. The van der Waals surface area contributed by atoms with Gasteiger partial charge in [0.25, 0.3) is 5.69 Å². The van der Waals surface area contributed by atoms with Crippen LogP contribution in [-0.2, 0) is 0 Å². The fourth-order valence-electron chi connectivity index (χ4n) is 2.08. The molecule has 0 saturated heterocycles. The Bertz CT molecular complexity index is 754. The van der Waals surface area contributed by atoms with E-state index in [0.717, 1.165) is 16.8 Å². The van der Waals surface area contributed by atoms with E-state index in [4.69, 9.17) is 12.2 Å². The van der Waals surface area contributed by atoms with Crippen LogP contribution in [0.15, 0.2) is 47.6 Å². The smallest absolute Gasteiger partial charge is 0.278 e. The van der Waals surface area contributed by atoms with Crippen LogP contribution in [0.4, 0.5) is 11.4 Å². The predicted octanol–water partition coefficient (Wildman–Crippen LogP) is 3.53. The Kier molecular flexibility index (Phi) is 5.37. The van der Waals surface area contributed by atoms with Crippen LogP contribution >= 0.6 is 12.2 Å². The first-order chi connectivity index (χ1) is 11.0. The van der Waals surface area contributed by atoms with Crippen LogP contribution in [0.25, 0.3) is 0 Å². The van der Waals surface area contributed by atoms with Crippen LogP contribution in [0.5, 0.6) is 0 Å². The highest BCUT2D eigenvalue weighted by molar-refractivity contribution is 7.80. The number of hydrazone groups is 1. The predicted molar refractivity (Wildman–Crippen MR) is 96.0 cm³/mol. The maximum Gasteiger partial charge on any atom is 0.278 e. The second-order valence-corrected chi connectivity index (χ2v) is 5.32. The molecule has 6 nitrogen and oxygen atoms in total. The van der Waals surface area contributed by atoms with Gasteiger partial charge in [-0.25, -0.2) is 0 Å². The molecule has 0 bridgehead atoms. The Morgan fingerprint density at radius 3 is 2.48 bits per heavy atom. The van der Waals surface area contributed by atoms with E-state index in [1.807, 2.05) is 32.0 Å². The standard InChI is InChI=1S/C16H16N4O2S/c1-11-6-5-7-12(2)15(11)18-16(23)19-17-10-13-8-3-4-9-14(13)20(21)22/h3-10H,1-2H3,(H2,18,19,23)/b17-10+. The maximum atomic E-state index is 10.9. The lowest BCUT2D eigenvalue weighted by molar-refractivity contribution is -0.385. The zero-order valence-corrected chi connectivity index (χ0v) is 13.6. The molecule has 0 saturated carbocycles. The van der Waals surface area contributed by atoms with Gasteiger partial charge in [-0.1, -0.05) is 30.3 Å². The molecule has 0 aliphatic carbocycles. The van der Waals surface area contributed by atoms with E-state index >= 15 is 0 Å². The third-order valence-corrected chi connectivity index (χ3v) is 3.42. The normalized spacial score (nSPS) is 10.5. The van der Waals surface area contributed by atoms with Gasteiger partial charge >= 0.3 is 0 Å². The van der Waals surface area contributed by atoms with E-state index in [1.54, 1.807) is 18.2 Å². The minimum absolute atomic E-state index is 0.00771. The number of thiocarbonyl (C=S) groups is 1. The van der Waals surface area contributed by atoms with Crippen molar-refractivity contribution >= 4 is 34.9 Å². The van der Waals surface area contributed by atoms with Crippen molar-refractivity contribution in [3.63, 3.8) is 0 Å². The van der Waals surface area contributed by atoms with Crippen LogP contribution in [0.3, 0.4) is 0 Å². The van der Waals surface area contributed by atoms with Crippen molar-refractivity contribution in [3.05, 3.63) is 69.3 Å². The molecule has 0 atom stereocenters. The third kappa shape index (κ3) is 4.33. The van der Waals surface area contributed by atoms with Gasteiger partial charge in [0, 0.05) is 11.8 Å². The van der Waals surface area contributed by atoms with Gasteiger partial charge in [-0.2, -0.15) is 5.10 Å². The lowest BCUT2D eigenvalue weighted by Gasteiger charge is -2.12. The number of nitro groups is 1. The summed E-state index contributed by atoms with van der Waals surface area (Å²) < 4.78 is 0. The molecular formula is C16H16N4O2S. The van der Waals surface area contributed by atoms with Gasteiger partial charge in [0.05, 0.1) is 16.7 Å². The molecule has 0 aliphatic rings. The van der Waals surface area contributed by atoms with Crippen molar-refractivity contribution in [2.75, 3.05) is 5.32 Å². The molecule has 0 amide bonds. The summed E-state index contributed by atoms with van der Waals surface area (Å²) in [7, 11) is 0. The molecule has 2 rings (SSSR count). The fraction of sp³-hybridized carbons (Fsp3) is 0.125. The summed E-state index contributed by atoms with van der Waals surface area (Å²) in [6.45, 7) is 3.96. The summed E-state index contributed by atoms with van der Waals surface area (Å²) in [5.41, 5.74) is 6.12. The number of anilines is 1. The minimum Gasteiger partial charge on any atom is -0.331 e. The molecule has 0 aromatic heterocycles. The zero-order valence-electron chi connectivity index (χ0n) is 12.7. The number of nitro benzene ring substituents is 1. The Hall–Kier alpha value is -2.80. The third-order valence-electron chi connectivity index (χ3n) is 3.22. The quantitative estimate of drug-likeness (QED) is 0.388. The summed E-state index contributed by atoms with van der Waals surface area (Å²) in [5, 5.41) is 18.3. The van der Waals surface area contributed by atoms with E-state index in [2.05, 4.69) is 15.8 Å².